The first-order chi connectivity index (χ1) is 50.6. The Morgan fingerprint density at radius 2 is 0.908 bits per heavy atom. The summed E-state index contributed by atoms with van der Waals surface area (Å²) in [5.41, 5.74) is 23.3. The van der Waals surface area contributed by atoms with Gasteiger partial charge in [0.25, 0.3) is 51.8 Å². The molecule has 10 rings (SSSR count). The van der Waals surface area contributed by atoms with Gasteiger partial charge in [-0.3, -0.25) is 68.8 Å². The molecule has 4 amide bonds. The van der Waals surface area contributed by atoms with E-state index in [-0.39, 0.29) is 83.1 Å². The number of hydrogen-bond donors (Lipinski definition) is 7. The second-order valence-electron chi connectivity index (χ2n) is 20.5. The van der Waals surface area contributed by atoms with E-state index in [1.54, 1.807) is 53.1 Å². The predicted octanol–water partition coefficient (Wildman–Crippen LogP) is 9.56. The third-order valence-corrected chi connectivity index (χ3v) is 16.9. The van der Waals surface area contributed by atoms with E-state index in [1.165, 1.54) is 89.6 Å². The molecular formula is C59H55Cl3F6IN19O18S3. The van der Waals surface area contributed by atoms with E-state index in [4.69, 9.17) is 51.1 Å². The summed E-state index contributed by atoms with van der Waals surface area (Å²) in [6.07, 6.45) is -1.99. The number of hydrogen-bond acceptors (Lipinski definition) is 24. The number of aromatic nitrogens is 7. The van der Waals surface area contributed by atoms with Gasteiger partial charge in [0.15, 0.2) is 11.6 Å². The van der Waals surface area contributed by atoms with E-state index in [0.29, 0.717) is 15.8 Å². The summed E-state index contributed by atoms with van der Waals surface area (Å²) in [4.78, 5) is 96.3. The minimum atomic E-state index is -5.03. The Kier molecular flexibility index (Phi) is 34.7. The van der Waals surface area contributed by atoms with Gasteiger partial charge in [0.05, 0.1) is 68.9 Å². The van der Waals surface area contributed by atoms with Gasteiger partial charge in [0.1, 0.15) is 47.4 Å². The average molecular weight is 1760 g/mol. The number of primary amides is 2. The van der Waals surface area contributed by atoms with Crippen LogP contribution in [0.4, 0.5) is 78.1 Å². The van der Waals surface area contributed by atoms with E-state index >= 15 is 0 Å². The number of carbonyl (C=O) groups is 4. The van der Waals surface area contributed by atoms with E-state index in [0.717, 1.165) is 74.8 Å². The van der Waals surface area contributed by atoms with Crippen molar-refractivity contribution >= 4 is 172 Å². The average Bonchev–Trinajstić information content (AvgIpc) is 1.67. The van der Waals surface area contributed by atoms with E-state index in [9.17, 15) is 111 Å². The lowest BCUT2D eigenvalue weighted by Crippen LogP contribution is -2.30. The first-order valence-corrected chi connectivity index (χ1v) is 36.6. The molecule has 0 aliphatic rings. The van der Waals surface area contributed by atoms with Crippen LogP contribution in [0.3, 0.4) is 0 Å². The van der Waals surface area contributed by atoms with E-state index < -0.39 is 85.4 Å². The number of carbonyl (C=O) groups excluding carboxylic acids is 4. The van der Waals surface area contributed by atoms with Crippen molar-refractivity contribution in [1.82, 2.24) is 33.3 Å². The number of sulfonamides is 2. The van der Waals surface area contributed by atoms with Gasteiger partial charge >= 0.3 is 24.2 Å². The molecule has 3 aromatic carbocycles. The topological polar surface area (TPSA) is 561 Å². The summed E-state index contributed by atoms with van der Waals surface area (Å²) in [5, 5.41) is 45.2. The molecule has 0 unspecified atom stereocenters. The van der Waals surface area contributed by atoms with Crippen LogP contribution in [0.5, 0.6) is 0 Å². The monoisotopic (exact) mass is 1760 g/mol. The first kappa shape index (κ1) is 91.4. The molecule has 0 aliphatic heterocycles. The number of pyridine rings is 5. The lowest BCUT2D eigenvalue weighted by atomic mass is 10.2. The molecule has 0 saturated carbocycles. The minimum Gasteiger partial charge on any atom is -0.398 e. The fourth-order valence-electron chi connectivity index (χ4n) is 7.16. The second kappa shape index (κ2) is 41.4. The lowest BCUT2D eigenvalue weighted by molar-refractivity contribution is -0.385. The fourth-order valence-corrected chi connectivity index (χ4v) is 9.94. The molecule has 50 heteroatoms. The van der Waals surface area contributed by atoms with Gasteiger partial charge in [0.2, 0.25) is 11.8 Å². The number of aryl methyl sites for hydroxylation is 3. The summed E-state index contributed by atoms with van der Waals surface area (Å²) in [6, 6.07) is 31.6. The third kappa shape index (κ3) is 32.1. The van der Waals surface area contributed by atoms with Crippen LogP contribution in [0.2, 0.25) is 0 Å². The number of anilines is 5. The molecule has 109 heavy (non-hydrogen) atoms. The molecular weight excluding hydrogens is 1710 g/mol. The number of nitrogen functional groups attached to an aromatic ring is 2. The van der Waals surface area contributed by atoms with Crippen LogP contribution in [-0.2, 0) is 54.8 Å². The van der Waals surface area contributed by atoms with Crippen LogP contribution in [0.1, 0.15) is 16.7 Å². The summed E-state index contributed by atoms with van der Waals surface area (Å²) >= 11 is 11.4. The van der Waals surface area contributed by atoms with Gasteiger partial charge in [-0.1, -0.05) is 75.7 Å². The zero-order chi connectivity index (χ0) is 82.5. The maximum Gasteiger partial charge on any atom is 0.471 e. The molecule has 0 saturated heterocycles. The number of rotatable bonds is 15. The van der Waals surface area contributed by atoms with Crippen molar-refractivity contribution in [2.45, 2.75) is 54.4 Å². The van der Waals surface area contributed by atoms with Gasteiger partial charge in [0, 0.05) is 46.8 Å². The van der Waals surface area contributed by atoms with Crippen LogP contribution in [-0.4, -0.2) is 124 Å². The van der Waals surface area contributed by atoms with Gasteiger partial charge in [-0.2, -0.15) is 34.8 Å². The van der Waals surface area contributed by atoms with Crippen LogP contribution >= 0.6 is 56.5 Å². The molecule has 11 N–H and O–H groups in total. The summed E-state index contributed by atoms with van der Waals surface area (Å²) in [5.74, 6) is -5.49. The van der Waals surface area contributed by atoms with Crippen molar-refractivity contribution in [1.29, 1.82) is 0 Å². The number of nitrogens with two attached hydrogens (primary N) is 4. The van der Waals surface area contributed by atoms with Gasteiger partial charge in [-0.15, -0.1) is 27.6 Å². The Bertz CT molecular complexity index is 5310. The highest BCUT2D eigenvalue weighted by atomic mass is 127. The number of nitrogens with zero attached hydrogens (tertiary/aromatic N) is 12. The van der Waals surface area contributed by atoms with Gasteiger partial charge < -0.3 is 42.5 Å². The summed E-state index contributed by atoms with van der Waals surface area (Å²) < 4.78 is 152. The fraction of sp³-hybridized carbons (Fsp3) is 0.136. The highest BCUT2D eigenvalue weighted by Gasteiger charge is 2.40. The SMILES string of the molecule is Cc1ccc(S(=O)(=O)Cl)cc1.Cc1ccc(S(=O)(=O)N=c2ccc([N+](=O)[O-])cn2CC(N)=O)cc1.Cc1ccc(S(=O)(=O)Nc2ccc([N+](=O)[O-])cn2)cc1.ClCCl.NC(=O)CI.Nc1ccc([N+](=O)[O-])cn1.Nc1ccc2nc(NC(=O)C(F)(F)F)cn2c1.O=C(Nc1cn2cc([N+](=O)[O-])ccc2n1)C(F)(F)F. The molecule has 7 aromatic heterocycles. The maximum absolute atomic E-state index is 12.3. The minimum absolute atomic E-state index is 0.0242. The van der Waals surface area contributed by atoms with Crippen molar-refractivity contribution < 1.29 is 90.5 Å². The summed E-state index contributed by atoms with van der Waals surface area (Å²) in [7, 11) is -6.25. The Morgan fingerprint density at radius 1 is 0.523 bits per heavy atom. The molecule has 10 aromatic rings. The molecule has 0 spiro atoms. The molecule has 7 heterocycles. The number of alkyl halides is 9. The quantitative estimate of drug-likeness (QED) is 0.0125. The standard InChI is InChI=1S/C14H14N4O5S.C12H11N3O4S.C9H5F3N4O3.C9H7F3N4O.C7H7ClO2S.C5H5N3O2.C2H4INO.CH2Cl2/c1-10-2-5-12(6-3-10)24(22,23)16-14-7-4-11(18(20)21)8-17(14)9-13(15)19;1-9-2-5-11(6-3-9)20(18,19)14-12-7-4-10(8-13-12)15(16)17;10-9(11,12)8(17)14-6-4-15-3-5(16(18)19)1-2-7(15)13-6;10-9(11,12)8(17)15-6-4-16-3-5(13)1-2-7(16)14-6;1-6-2-4-7(5-3-6)11(8,9)10;6-5-2-1-4(3-7-5)8(9)10;3-1-2(4)5;2-1-3/h2-8H,9H2,1H3,(H2,15,19);2-8H,1H3,(H,13,14);1-4H,(H,14,17);1-4H,13H2,(H,15,17);2-5H,1H3;1-3H,(H2,6,7);1H2,(H2,4,5);1H2. The maximum atomic E-state index is 12.3. The van der Waals surface area contributed by atoms with Crippen molar-refractivity contribution in [3.05, 3.63) is 239 Å². The Labute approximate surface area is 638 Å². The highest BCUT2D eigenvalue weighted by Crippen LogP contribution is 2.23. The molecule has 37 nitrogen and oxygen atoms in total. The molecule has 0 atom stereocenters. The zero-order valence-corrected chi connectivity index (χ0v) is 62.3. The van der Waals surface area contributed by atoms with Crippen LogP contribution in [0, 0.1) is 61.2 Å². The van der Waals surface area contributed by atoms with Crippen molar-refractivity contribution in [3.8, 4) is 0 Å². The summed E-state index contributed by atoms with van der Waals surface area (Å²) in [6.45, 7) is 5.10. The number of fused-ring (bicyclic) bond motifs is 2. The van der Waals surface area contributed by atoms with E-state index in [1.807, 2.05) is 43.4 Å². The Balaban J connectivity index is 0.000000338. The molecule has 0 radical (unpaired) electrons. The van der Waals surface area contributed by atoms with Crippen molar-refractivity contribution in [2.75, 3.05) is 36.6 Å². The Morgan fingerprint density at radius 3 is 1.29 bits per heavy atom. The van der Waals surface area contributed by atoms with Crippen LogP contribution < -0.4 is 43.8 Å². The first-order valence-electron chi connectivity index (χ1n) is 28.8. The van der Waals surface area contributed by atoms with Crippen molar-refractivity contribution in [3.63, 3.8) is 0 Å². The number of nitro groups is 4. The molecule has 582 valence electrons. The van der Waals surface area contributed by atoms with Gasteiger partial charge in [-0.05, 0) is 93.6 Å². The van der Waals surface area contributed by atoms with Crippen LogP contribution in [0.15, 0.2) is 196 Å². The molecule has 0 aliphatic carbocycles. The second-order valence-corrected chi connectivity index (χ2v) is 27.9. The molecule has 0 bridgehead atoms. The zero-order valence-electron chi connectivity index (χ0n) is 55.4. The number of amides is 4. The third-order valence-electron chi connectivity index (χ3n) is 12.1. The number of benzene rings is 3. The van der Waals surface area contributed by atoms with Gasteiger partial charge in [-0.25, -0.2) is 36.8 Å². The van der Waals surface area contributed by atoms with E-state index in [2.05, 4.69) is 34.8 Å². The molecule has 0 fully saturated rings. The predicted molar refractivity (Wildman–Crippen MR) is 392 cm³/mol. The number of imidazole rings is 2. The van der Waals surface area contributed by atoms with Crippen LogP contribution in [0.25, 0.3) is 11.3 Å². The number of halogens is 10. The Hall–Kier alpha value is -11.8. The van der Waals surface area contributed by atoms with Crippen molar-refractivity contribution in [2.24, 2.45) is 15.9 Å². The number of nitrogens with one attached hydrogen (secondary N) is 3. The largest absolute Gasteiger partial charge is 0.471 e. The highest BCUT2D eigenvalue weighted by molar-refractivity contribution is 14.1. The normalized spacial score (nSPS) is 11.0. The lowest BCUT2D eigenvalue weighted by Gasteiger charge is -2.07. The smallest absolute Gasteiger partial charge is 0.398 e.